The van der Waals surface area contributed by atoms with Gasteiger partial charge in [0.2, 0.25) is 5.91 Å². The number of non-ortho nitro benzene ring substituents is 1. The lowest BCUT2D eigenvalue weighted by molar-refractivity contribution is -0.384. The molecular formula is C25H26N4O4. The molecule has 0 bridgehead atoms. The zero-order chi connectivity index (χ0) is 23.8. The van der Waals surface area contributed by atoms with E-state index in [1.165, 1.54) is 24.3 Å². The van der Waals surface area contributed by atoms with E-state index in [9.17, 15) is 19.7 Å². The molecule has 3 aromatic rings. The molecule has 8 nitrogen and oxygen atoms in total. The normalized spacial score (nSPS) is 11.5. The lowest BCUT2D eigenvalue weighted by atomic mass is 10.0. The van der Waals surface area contributed by atoms with Crippen molar-refractivity contribution in [2.24, 2.45) is 5.92 Å². The van der Waals surface area contributed by atoms with Crippen LogP contribution in [0.2, 0.25) is 0 Å². The maximum absolute atomic E-state index is 13.0. The molecule has 0 fully saturated rings. The highest BCUT2D eigenvalue weighted by molar-refractivity contribution is 5.99. The first-order valence-corrected chi connectivity index (χ1v) is 10.6. The Bertz CT molecular complexity index is 1110. The number of nitrogens with zero attached hydrogens (tertiary/aromatic N) is 1. The summed E-state index contributed by atoms with van der Waals surface area (Å²) in [4.78, 5) is 35.8. The first-order valence-electron chi connectivity index (χ1n) is 10.6. The molecule has 0 saturated carbocycles. The van der Waals surface area contributed by atoms with E-state index < -0.39 is 17.0 Å². The van der Waals surface area contributed by atoms with E-state index in [-0.39, 0.29) is 17.5 Å². The fourth-order valence-corrected chi connectivity index (χ4v) is 3.33. The quantitative estimate of drug-likeness (QED) is 0.335. The molecule has 170 valence electrons. The largest absolute Gasteiger partial charge is 0.326 e. The number of rotatable bonds is 8. The van der Waals surface area contributed by atoms with Gasteiger partial charge in [-0.2, -0.15) is 0 Å². The van der Waals surface area contributed by atoms with Gasteiger partial charge in [0.25, 0.3) is 5.69 Å². The molecular weight excluding hydrogens is 420 g/mol. The van der Waals surface area contributed by atoms with E-state index in [0.717, 1.165) is 11.1 Å². The fraction of sp³-hybridized carbons (Fsp3) is 0.200. The highest BCUT2D eigenvalue weighted by Gasteiger charge is 2.25. The highest BCUT2D eigenvalue weighted by Crippen LogP contribution is 2.20. The standard InChI is InChI=1S/C25H26N4O4/c1-17(2)23(28-25(31)26-20-12-14-21(15-13-20)29(32)33)24(30)27-22-11-7-6-10-19(22)16-18-8-4-3-5-9-18/h3-15,17,23H,16H2,1-2H3,(H,27,30)(H2,26,28,31). The number of anilines is 2. The number of carbonyl (C=O) groups excluding carboxylic acids is 2. The number of hydrogen-bond donors (Lipinski definition) is 3. The molecule has 8 heteroatoms. The lowest BCUT2D eigenvalue weighted by Crippen LogP contribution is -2.48. The molecule has 33 heavy (non-hydrogen) atoms. The molecule has 0 aromatic heterocycles. The Balaban J connectivity index is 1.67. The molecule has 0 spiro atoms. The summed E-state index contributed by atoms with van der Waals surface area (Å²) < 4.78 is 0. The third-order valence-corrected chi connectivity index (χ3v) is 5.08. The van der Waals surface area contributed by atoms with Gasteiger partial charge in [0.15, 0.2) is 0 Å². The summed E-state index contributed by atoms with van der Waals surface area (Å²) in [5.74, 6) is -0.502. The number of amides is 3. The van der Waals surface area contributed by atoms with Crippen LogP contribution in [0.25, 0.3) is 0 Å². The van der Waals surface area contributed by atoms with Crippen LogP contribution in [0.15, 0.2) is 78.9 Å². The molecule has 0 radical (unpaired) electrons. The molecule has 3 rings (SSSR count). The summed E-state index contributed by atoms with van der Waals surface area (Å²) in [7, 11) is 0. The Hall–Kier alpha value is -4.20. The lowest BCUT2D eigenvalue weighted by Gasteiger charge is -2.23. The highest BCUT2D eigenvalue weighted by atomic mass is 16.6. The van der Waals surface area contributed by atoms with Crippen LogP contribution < -0.4 is 16.0 Å². The minimum atomic E-state index is -0.784. The second kappa shape index (κ2) is 10.9. The number of nitrogens with one attached hydrogen (secondary N) is 3. The molecule has 1 unspecified atom stereocenters. The van der Waals surface area contributed by atoms with Gasteiger partial charge in [0.1, 0.15) is 6.04 Å². The van der Waals surface area contributed by atoms with Gasteiger partial charge in [0, 0.05) is 23.5 Å². The Morgan fingerprint density at radius 3 is 2.15 bits per heavy atom. The van der Waals surface area contributed by atoms with Crippen molar-refractivity contribution >= 4 is 29.0 Å². The van der Waals surface area contributed by atoms with Gasteiger partial charge in [0.05, 0.1) is 4.92 Å². The van der Waals surface area contributed by atoms with Crippen LogP contribution in [0.1, 0.15) is 25.0 Å². The van der Waals surface area contributed by atoms with E-state index in [2.05, 4.69) is 16.0 Å². The van der Waals surface area contributed by atoms with Crippen LogP contribution in [0.4, 0.5) is 21.9 Å². The average Bonchev–Trinajstić information content (AvgIpc) is 2.79. The van der Waals surface area contributed by atoms with E-state index in [1.807, 2.05) is 68.4 Å². The predicted octanol–water partition coefficient (Wildman–Crippen LogP) is 4.97. The summed E-state index contributed by atoms with van der Waals surface area (Å²) in [6, 6.07) is 21.6. The maximum Gasteiger partial charge on any atom is 0.319 e. The van der Waals surface area contributed by atoms with Crippen molar-refractivity contribution < 1.29 is 14.5 Å². The van der Waals surface area contributed by atoms with Crippen LogP contribution in [-0.2, 0) is 11.2 Å². The molecule has 0 saturated heterocycles. The van der Waals surface area contributed by atoms with Crippen molar-refractivity contribution in [1.82, 2.24) is 5.32 Å². The van der Waals surface area contributed by atoms with E-state index in [0.29, 0.717) is 17.8 Å². The van der Waals surface area contributed by atoms with Gasteiger partial charge in [-0.3, -0.25) is 14.9 Å². The van der Waals surface area contributed by atoms with Crippen molar-refractivity contribution in [1.29, 1.82) is 0 Å². The summed E-state index contributed by atoms with van der Waals surface area (Å²) in [5.41, 5.74) is 3.09. The summed E-state index contributed by atoms with van der Waals surface area (Å²) >= 11 is 0. The van der Waals surface area contributed by atoms with Crippen LogP contribution >= 0.6 is 0 Å². The second-order valence-electron chi connectivity index (χ2n) is 7.93. The van der Waals surface area contributed by atoms with Crippen LogP contribution in [0, 0.1) is 16.0 Å². The second-order valence-corrected chi connectivity index (χ2v) is 7.93. The van der Waals surface area contributed by atoms with Crippen LogP contribution in [0.5, 0.6) is 0 Å². The smallest absolute Gasteiger partial charge is 0.319 e. The van der Waals surface area contributed by atoms with E-state index in [4.69, 9.17) is 0 Å². The van der Waals surface area contributed by atoms with Gasteiger partial charge >= 0.3 is 6.03 Å². The van der Waals surface area contributed by atoms with Gasteiger partial charge in [-0.05, 0) is 41.7 Å². The fourth-order valence-electron chi connectivity index (χ4n) is 3.33. The van der Waals surface area contributed by atoms with Crippen molar-refractivity contribution in [3.05, 3.63) is 100 Å². The number of carbonyl (C=O) groups is 2. The minimum Gasteiger partial charge on any atom is -0.326 e. The Morgan fingerprint density at radius 1 is 0.879 bits per heavy atom. The van der Waals surface area contributed by atoms with Crippen molar-refractivity contribution in [3.8, 4) is 0 Å². The number of para-hydroxylation sites is 1. The third kappa shape index (κ3) is 6.64. The molecule has 0 aliphatic rings. The van der Waals surface area contributed by atoms with Crippen molar-refractivity contribution in [2.75, 3.05) is 10.6 Å². The van der Waals surface area contributed by atoms with E-state index in [1.54, 1.807) is 0 Å². The number of benzene rings is 3. The summed E-state index contributed by atoms with van der Waals surface area (Å²) in [5, 5.41) is 19.0. The van der Waals surface area contributed by atoms with Crippen LogP contribution in [0.3, 0.4) is 0 Å². The molecule has 3 aromatic carbocycles. The Labute approximate surface area is 192 Å². The van der Waals surface area contributed by atoms with Crippen molar-refractivity contribution in [2.45, 2.75) is 26.3 Å². The van der Waals surface area contributed by atoms with Gasteiger partial charge in [-0.15, -0.1) is 0 Å². The van der Waals surface area contributed by atoms with Gasteiger partial charge in [-0.25, -0.2) is 4.79 Å². The molecule has 3 N–H and O–H groups in total. The maximum atomic E-state index is 13.0. The monoisotopic (exact) mass is 446 g/mol. The first-order chi connectivity index (χ1) is 15.8. The molecule has 0 aliphatic heterocycles. The Morgan fingerprint density at radius 2 is 1.52 bits per heavy atom. The number of nitro groups is 1. The molecule has 0 aliphatic carbocycles. The number of hydrogen-bond acceptors (Lipinski definition) is 4. The van der Waals surface area contributed by atoms with E-state index >= 15 is 0 Å². The third-order valence-electron chi connectivity index (χ3n) is 5.08. The molecule has 0 heterocycles. The SMILES string of the molecule is CC(C)C(NC(=O)Nc1ccc([N+](=O)[O-])cc1)C(=O)Nc1ccccc1Cc1ccccc1. The average molecular weight is 447 g/mol. The minimum absolute atomic E-state index is 0.0745. The van der Waals surface area contributed by atoms with Gasteiger partial charge < -0.3 is 16.0 Å². The number of urea groups is 1. The van der Waals surface area contributed by atoms with Crippen molar-refractivity contribution in [3.63, 3.8) is 0 Å². The molecule has 1 atom stereocenters. The molecule has 3 amide bonds. The predicted molar refractivity (Wildman–Crippen MR) is 128 cm³/mol. The van der Waals surface area contributed by atoms with Gasteiger partial charge in [-0.1, -0.05) is 62.4 Å². The number of nitro benzene ring substituents is 1. The first kappa shape index (κ1) is 23.5. The zero-order valence-corrected chi connectivity index (χ0v) is 18.4. The topological polar surface area (TPSA) is 113 Å². The Kier molecular flexibility index (Phi) is 7.75. The van der Waals surface area contributed by atoms with Crippen LogP contribution in [-0.4, -0.2) is 22.9 Å². The summed E-state index contributed by atoms with van der Waals surface area (Å²) in [6.45, 7) is 3.68. The zero-order valence-electron chi connectivity index (χ0n) is 18.4. The summed E-state index contributed by atoms with van der Waals surface area (Å²) in [6.07, 6.45) is 0.664.